The first-order chi connectivity index (χ1) is 8.58. The van der Waals surface area contributed by atoms with Gasteiger partial charge in [0.1, 0.15) is 0 Å². The second-order valence-electron chi connectivity index (χ2n) is 3.81. The lowest BCUT2D eigenvalue weighted by atomic mass is 10.3. The van der Waals surface area contributed by atoms with Gasteiger partial charge >= 0.3 is 0 Å². The maximum atomic E-state index is 11.8. The van der Waals surface area contributed by atoms with Gasteiger partial charge in [-0.15, -0.1) is 0 Å². The summed E-state index contributed by atoms with van der Waals surface area (Å²) in [6.45, 7) is 0. The van der Waals surface area contributed by atoms with E-state index in [1.54, 1.807) is 7.05 Å². The summed E-state index contributed by atoms with van der Waals surface area (Å²) in [5, 5.41) is 10.4. The van der Waals surface area contributed by atoms with Gasteiger partial charge < -0.3 is 9.90 Å². The van der Waals surface area contributed by atoms with Crippen LogP contribution in [0.2, 0.25) is 0 Å². The Balaban J connectivity index is 2.18. The second kappa shape index (κ2) is 5.22. The summed E-state index contributed by atoms with van der Waals surface area (Å²) in [4.78, 5) is 28.0. The average molecular weight is 263 g/mol. The van der Waals surface area contributed by atoms with E-state index in [2.05, 4.69) is 4.99 Å². The van der Waals surface area contributed by atoms with Crippen LogP contribution in [0.5, 0.6) is 0 Å². The molecule has 0 aromatic heterocycles. The van der Waals surface area contributed by atoms with Crippen molar-refractivity contribution in [1.29, 1.82) is 0 Å². The molecular weight excluding hydrogens is 252 g/mol. The van der Waals surface area contributed by atoms with Crippen LogP contribution >= 0.6 is 11.8 Å². The van der Waals surface area contributed by atoms with Crippen molar-refractivity contribution in [2.75, 3.05) is 7.05 Å². The van der Waals surface area contributed by atoms with Gasteiger partial charge in [0, 0.05) is 19.4 Å². The summed E-state index contributed by atoms with van der Waals surface area (Å²) in [7, 11) is 1.59. The fraction of sp³-hybridized carbons (Fsp3) is 0.250. The van der Waals surface area contributed by atoms with E-state index in [9.17, 15) is 14.7 Å². The van der Waals surface area contributed by atoms with Gasteiger partial charge in [0.15, 0.2) is 5.17 Å². The summed E-state index contributed by atoms with van der Waals surface area (Å²) < 4.78 is 0. The number of carbonyl (C=O) groups excluding carboxylic acids is 2. The molecule has 1 aromatic carbocycles. The number of aliphatic carboxylic acids is 1. The number of amides is 1. The van der Waals surface area contributed by atoms with Crippen LogP contribution in [0.1, 0.15) is 6.42 Å². The van der Waals surface area contributed by atoms with Gasteiger partial charge in [-0.3, -0.25) is 9.69 Å². The Hall–Kier alpha value is -1.82. The largest absolute Gasteiger partial charge is 0.550 e. The van der Waals surface area contributed by atoms with Gasteiger partial charge in [-0.2, -0.15) is 0 Å². The molecule has 94 valence electrons. The number of hydrogen-bond donors (Lipinski definition) is 0. The number of carbonyl (C=O) groups is 2. The highest BCUT2D eigenvalue weighted by atomic mass is 32.2. The molecule has 0 N–H and O–H groups in total. The highest BCUT2D eigenvalue weighted by Gasteiger charge is 2.35. The van der Waals surface area contributed by atoms with E-state index in [0.717, 1.165) is 17.4 Å². The summed E-state index contributed by atoms with van der Waals surface area (Å²) in [6.07, 6.45) is -0.290. The van der Waals surface area contributed by atoms with Crippen LogP contribution in [0, 0.1) is 0 Å². The summed E-state index contributed by atoms with van der Waals surface area (Å²) in [5.74, 6) is -1.48. The minimum absolute atomic E-state index is 0.251. The highest BCUT2D eigenvalue weighted by Crippen LogP contribution is 2.30. The van der Waals surface area contributed by atoms with Crippen molar-refractivity contribution in [2.24, 2.45) is 4.99 Å². The monoisotopic (exact) mass is 263 g/mol. The molecule has 1 amide bonds. The number of rotatable bonds is 3. The Morgan fingerprint density at radius 3 is 2.72 bits per heavy atom. The molecule has 6 heteroatoms. The van der Waals surface area contributed by atoms with Gasteiger partial charge in [-0.1, -0.05) is 30.0 Å². The molecule has 0 radical (unpaired) electrons. The van der Waals surface area contributed by atoms with Crippen LogP contribution in [0.4, 0.5) is 5.69 Å². The smallest absolute Gasteiger partial charge is 0.242 e. The number of thioether (sulfide) groups is 1. The minimum atomic E-state index is -1.23. The van der Waals surface area contributed by atoms with E-state index in [4.69, 9.17) is 0 Å². The van der Waals surface area contributed by atoms with Gasteiger partial charge in [0.25, 0.3) is 0 Å². The zero-order valence-electron chi connectivity index (χ0n) is 9.70. The first kappa shape index (κ1) is 12.6. The van der Waals surface area contributed by atoms with E-state index in [-0.39, 0.29) is 12.3 Å². The predicted molar refractivity (Wildman–Crippen MR) is 67.3 cm³/mol. The lowest BCUT2D eigenvalue weighted by Crippen LogP contribution is -2.32. The molecule has 1 aliphatic rings. The fourth-order valence-electron chi connectivity index (χ4n) is 1.56. The molecular formula is C12H11N2O3S-. The third-order valence-corrected chi connectivity index (χ3v) is 3.70. The van der Waals surface area contributed by atoms with Crippen molar-refractivity contribution in [2.45, 2.75) is 11.7 Å². The first-order valence-corrected chi connectivity index (χ1v) is 6.23. The quantitative estimate of drug-likeness (QED) is 0.790. The van der Waals surface area contributed by atoms with Crippen molar-refractivity contribution in [1.82, 2.24) is 4.90 Å². The molecule has 0 spiro atoms. The molecule has 0 aliphatic carbocycles. The third kappa shape index (κ3) is 2.70. The van der Waals surface area contributed by atoms with Gasteiger partial charge in [-0.05, 0) is 12.1 Å². The summed E-state index contributed by atoms with van der Waals surface area (Å²) in [6, 6.07) is 9.20. The van der Waals surface area contributed by atoms with E-state index in [0.29, 0.717) is 5.17 Å². The van der Waals surface area contributed by atoms with Crippen LogP contribution in [-0.4, -0.2) is 34.2 Å². The number of nitrogens with zero attached hydrogens (tertiary/aromatic N) is 2. The summed E-state index contributed by atoms with van der Waals surface area (Å²) >= 11 is 1.16. The van der Waals surface area contributed by atoms with E-state index in [1.807, 2.05) is 30.3 Å². The van der Waals surface area contributed by atoms with Crippen molar-refractivity contribution >= 4 is 34.5 Å². The molecule has 1 saturated heterocycles. The van der Waals surface area contributed by atoms with Crippen LogP contribution in [0.3, 0.4) is 0 Å². The molecule has 0 saturated carbocycles. The predicted octanol–water partition coefficient (Wildman–Crippen LogP) is 0.388. The van der Waals surface area contributed by atoms with Crippen LogP contribution in [0.25, 0.3) is 0 Å². The normalized spacial score (nSPS) is 21.6. The van der Waals surface area contributed by atoms with Crippen LogP contribution in [-0.2, 0) is 9.59 Å². The number of carboxylic acid groups (broad SMARTS) is 1. The van der Waals surface area contributed by atoms with Crippen molar-refractivity contribution < 1.29 is 14.7 Å². The van der Waals surface area contributed by atoms with Gasteiger partial charge in [0.2, 0.25) is 5.91 Å². The van der Waals surface area contributed by atoms with Gasteiger partial charge in [-0.25, -0.2) is 4.99 Å². The maximum absolute atomic E-state index is 11.8. The highest BCUT2D eigenvalue weighted by molar-refractivity contribution is 8.15. The number of benzene rings is 1. The Kier molecular flexibility index (Phi) is 3.66. The molecule has 0 unspecified atom stereocenters. The standard InChI is InChI=1S/C12H12N2O3S/c1-14-11(17)9(7-10(15)16)18-12(14)13-8-5-3-2-4-6-8/h2-6,9H,7H2,1H3,(H,15,16)/p-1/t9-/m1/s1. The van der Waals surface area contributed by atoms with E-state index in [1.165, 1.54) is 4.90 Å². The lowest BCUT2D eigenvalue weighted by molar-refractivity contribution is -0.305. The Morgan fingerprint density at radius 1 is 1.44 bits per heavy atom. The molecule has 2 rings (SSSR count). The van der Waals surface area contributed by atoms with Crippen molar-refractivity contribution in [3.63, 3.8) is 0 Å². The minimum Gasteiger partial charge on any atom is -0.550 e. The number of para-hydroxylation sites is 1. The number of amidine groups is 1. The summed E-state index contributed by atoms with van der Waals surface area (Å²) in [5.41, 5.74) is 0.730. The average Bonchev–Trinajstić information content (AvgIpc) is 2.58. The molecule has 1 atom stereocenters. The van der Waals surface area contributed by atoms with Crippen LogP contribution in [0.15, 0.2) is 35.3 Å². The zero-order valence-corrected chi connectivity index (χ0v) is 10.5. The number of hydrogen-bond acceptors (Lipinski definition) is 5. The number of carboxylic acids is 1. The van der Waals surface area contributed by atoms with E-state index >= 15 is 0 Å². The molecule has 1 aromatic rings. The van der Waals surface area contributed by atoms with Crippen LogP contribution < -0.4 is 5.11 Å². The molecule has 5 nitrogen and oxygen atoms in total. The molecule has 0 bridgehead atoms. The molecule has 18 heavy (non-hydrogen) atoms. The fourth-order valence-corrected chi connectivity index (χ4v) is 2.70. The topological polar surface area (TPSA) is 72.8 Å². The maximum Gasteiger partial charge on any atom is 0.242 e. The Morgan fingerprint density at radius 2 is 2.11 bits per heavy atom. The molecule has 1 heterocycles. The van der Waals surface area contributed by atoms with E-state index < -0.39 is 11.2 Å². The third-order valence-electron chi connectivity index (χ3n) is 2.47. The lowest BCUT2D eigenvalue weighted by Gasteiger charge is -2.08. The van der Waals surface area contributed by atoms with Crippen molar-refractivity contribution in [3.05, 3.63) is 30.3 Å². The van der Waals surface area contributed by atoms with Crippen molar-refractivity contribution in [3.8, 4) is 0 Å². The SMILES string of the molecule is CN1C(=O)[C@@H](CC(=O)[O-])SC1=Nc1ccccc1. The molecule has 1 aliphatic heterocycles. The number of aliphatic imine (C=N–C) groups is 1. The first-order valence-electron chi connectivity index (χ1n) is 5.36. The van der Waals surface area contributed by atoms with Gasteiger partial charge in [0.05, 0.1) is 10.9 Å². The second-order valence-corrected chi connectivity index (χ2v) is 4.98. The zero-order chi connectivity index (χ0) is 13.1. The Labute approximate surface area is 109 Å². The Bertz CT molecular complexity index is 501. The molecule has 1 fully saturated rings.